The summed E-state index contributed by atoms with van der Waals surface area (Å²) in [7, 11) is 0. The second-order valence-corrected chi connectivity index (χ2v) is 7.57. The lowest BCUT2D eigenvalue weighted by Gasteiger charge is -2.16. The molecule has 1 aliphatic rings. The van der Waals surface area contributed by atoms with Crippen molar-refractivity contribution >= 4 is 17.4 Å². The molecule has 0 N–H and O–H groups in total. The van der Waals surface area contributed by atoms with Crippen LogP contribution >= 0.6 is 11.5 Å². The highest BCUT2D eigenvalue weighted by molar-refractivity contribution is 7.08. The fourth-order valence-corrected chi connectivity index (χ4v) is 4.31. The molecule has 7 nitrogen and oxygen atoms in total. The molecule has 1 aromatic carbocycles. The molecule has 2 aromatic heterocycles. The average Bonchev–Trinajstić information content (AvgIpc) is 3.41. The van der Waals surface area contributed by atoms with Crippen LogP contribution in [-0.2, 0) is 6.42 Å². The molecule has 4 rings (SSSR count). The van der Waals surface area contributed by atoms with Crippen LogP contribution in [0.25, 0.3) is 0 Å². The minimum Gasteiger partial charge on any atom is -0.339 e. The molecule has 1 amide bonds. The van der Waals surface area contributed by atoms with Crippen molar-refractivity contribution in [2.75, 3.05) is 13.1 Å². The molecule has 1 saturated heterocycles. The summed E-state index contributed by atoms with van der Waals surface area (Å²) in [4.78, 5) is 20.1. The van der Waals surface area contributed by atoms with Crippen LogP contribution in [0.2, 0.25) is 0 Å². The first-order valence-electron chi connectivity index (χ1n) is 9.13. The highest BCUT2D eigenvalue weighted by atomic mass is 32.1. The maximum atomic E-state index is 13.2. The second-order valence-electron chi connectivity index (χ2n) is 6.81. The Kier molecular flexibility index (Phi) is 4.98. The Morgan fingerprint density at radius 2 is 2.04 bits per heavy atom. The monoisotopic (exact) mass is 383 g/mol. The molecule has 27 heavy (non-hydrogen) atoms. The van der Waals surface area contributed by atoms with Gasteiger partial charge in [0.2, 0.25) is 5.89 Å². The predicted molar refractivity (Wildman–Crippen MR) is 101 cm³/mol. The van der Waals surface area contributed by atoms with Crippen molar-refractivity contribution in [1.82, 2.24) is 24.6 Å². The summed E-state index contributed by atoms with van der Waals surface area (Å²) < 4.78 is 9.45. The van der Waals surface area contributed by atoms with Crippen LogP contribution in [0.3, 0.4) is 0 Å². The van der Waals surface area contributed by atoms with E-state index in [1.807, 2.05) is 30.0 Å². The fourth-order valence-electron chi connectivity index (χ4n) is 3.64. The van der Waals surface area contributed by atoms with Gasteiger partial charge in [0.25, 0.3) is 5.91 Å². The molecule has 1 aliphatic heterocycles. The number of nitrogens with zero attached hydrogens (tertiary/aromatic N) is 5. The molecule has 0 radical (unpaired) electrons. The summed E-state index contributed by atoms with van der Waals surface area (Å²) in [6, 6.07) is 10.2. The SMILES string of the molecule is CCCc1nnsc1C(=O)N1C[C@H](c2ccccc2)[C@@H](c2nc(C)no2)C1. The lowest BCUT2D eigenvalue weighted by atomic mass is 9.89. The van der Waals surface area contributed by atoms with Gasteiger partial charge >= 0.3 is 0 Å². The zero-order valence-electron chi connectivity index (χ0n) is 15.3. The summed E-state index contributed by atoms with van der Waals surface area (Å²) in [5.74, 6) is 1.29. The van der Waals surface area contributed by atoms with Crippen molar-refractivity contribution in [2.45, 2.75) is 38.5 Å². The first-order chi connectivity index (χ1) is 13.2. The van der Waals surface area contributed by atoms with Gasteiger partial charge in [-0.3, -0.25) is 4.79 Å². The van der Waals surface area contributed by atoms with Crippen LogP contribution in [0.1, 0.15) is 57.8 Å². The minimum atomic E-state index is -0.0203. The van der Waals surface area contributed by atoms with E-state index in [4.69, 9.17) is 4.52 Å². The molecule has 2 atom stereocenters. The lowest BCUT2D eigenvalue weighted by Crippen LogP contribution is -2.29. The number of aromatic nitrogens is 4. The first kappa shape index (κ1) is 17.8. The van der Waals surface area contributed by atoms with Crippen LogP contribution in [-0.4, -0.2) is 43.6 Å². The Morgan fingerprint density at radius 3 is 2.74 bits per heavy atom. The van der Waals surface area contributed by atoms with Crippen LogP contribution in [0.15, 0.2) is 34.9 Å². The van der Waals surface area contributed by atoms with Gasteiger partial charge in [-0.1, -0.05) is 53.3 Å². The van der Waals surface area contributed by atoms with Gasteiger partial charge in [-0.15, -0.1) is 5.10 Å². The second kappa shape index (κ2) is 7.56. The molecule has 0 unspecified atom stereocenters. The Labute approximate surface area is 161 Å². The van der Waals surface area contributed by atoms with Crippen molar-refractivity contribution in [3.8, 4) is 0 Å². The number of hydrogen-bond donors (Lipinski definition) is 0. The van der Waals surface area contributed by atoms with E-state index >= 15 is 0 Å². The molecular formula is C19H21N5O2S. The molecule has 0 bridgehead atoms. The summed E-state index contributed by atoms with van der Waals surface area (Å²) >= 11 is 1.18. The average molecular weight is 383 g/mol. The van der Waals surface area contributed by atoms with Gasteiger partial charge in [-0.25, -0.2) is 0 Å². The van der Waals surface area contributed by atoms with Crippen molar-refractivity contribution in [3.05, 3.63) is 58.2 Å². The molecule has 3 heterocycles. The molecular weight excluding hydrogens is 362 g/mol. The van der Waals surface area contributed by atoms with Gasteiger partial charge < -0.3 is 9.42 Å². The highest BCUT2D eigenvalue weighted by Gasteiger charge is 2.41. The van der Waals surface area contributed by atoms with Gasteiger partial charge in [-0.05, 0) is 30.4 Å². The van der Waals surface area contributed by atoms with Crippen molar-refractivity contribution in [2.24, 2.45) is 0 Å². The van der Waals surface area contributed by atoms with Gasteiger partial charge in [0.15, 0.2) is 5.82 Å². The molecule has 1 fully saturated rings. The fraction of sp³-hybridized carbons (Fsp3) is 0.421. The first-order valence-corrected chi connectivity index (χ1v) is 9.90. The quantitative estimate of drug-likeness (QED) is 0.673. The number of amides is 1. The van der Waals surface area contributed by atoms with Crippen molar-refractivity contribution < 1.29 is 9.32 Å². The molecule has 8 heteroatoms. The summed E-state index contributed by atoms with van der Waals surface area (Å²) in [6.07, 6.45) is 1.70. The number of aryl methyl sites for hydroxylation is 2. The lowest BCUT2D eigenvalue weighted by molar-refractivity contribution is 0.0791. The normalized spacial score (nSPS) is 19.6. The van der Waals surface area contributed by atoms with Gasteiger partial charge in [0.1, 0.15) is 4.88 Å². The van der Waals surface area contributed by atoms with Gasteiger partial charge in [-0.2, -0.15) is 4.98 Å². The number of rotatable bonds is 5. The van der Waals surface area contributed by atoms with Crippen LogP contribution in [0.5, 0.6) is 0 Å². The number of likely N-dealkylation sites (tertiary alicyclic amines) is 1. The predicted octanol–water partition coefficient (Wildman–Crippen LogP) is 3.21. The Balaban J connectivity index is 1.64. The summed E-state index contributed by atoms with van der Waals surface area (Å²) in [5.41, 5.74) is 1.96. The zero-order chi connectivity index (χ0) is 18.8. The van der Waals surface area contributed by atoms with Crippen molar-refractivity contribution in [3.63, 3.8) is 0 Å². The van der Waals surface area contributed by atoms with E-state index in [1.165, 1.54) is 17.1 Å². The largest absolute Gasteiger partial charge is 0.339 e. The van der Waals surface area contributed by atoms with E-state index in [1.54, 1.807) is 0 Å². The van der Waals surface area contributed by atoms with E-state index in [0.717, 1.165) is 18.5 Å². The molecule has 0 aliphatic carbocycles. The molecule has 3 aromatic rings. The highest BCUT2D eigenvalue weighted by Crippen LogP contribution is 2.39. The number of benzene rings is 1. The van der Waals surface area contributed by atoms with Crippen LogP contribution in [0.4, 0.5) is 0 Å². The Bertz CT molecular complexity index is 923. The maximum Gasteiger partial charge on any atom is 0.267 e. The molecule has 0 saturated carbocycles. The van der Waals surface area contributed by atoms with Crippen LogP contribution in [0, 0.1) is 6.92 Å². The third kappa shape index (κ3) is 3.49. The topological polar surface area (TPSA) is 85.0 Å². The zero-order valence-corrected chi connectivity index (χ0v) is 16.1. The van der Waals surface area contributed by atoms with E-state index in [9.17, 15) is 4.79 Å². The van der Waals surface area contributed by atoms with E-state index in [-0.39, 0.29) is 17.7 Å². The van der Waals surface area contributed by atoms with E-state index in [2.05, 4.69) is 38.8 Å². The van der Waals surface area contributed by atoms with Crippen LogP contribution < -0.4 is 0 Å². The summed E-state index contributed by atoms with van der Waals surface area (Å²) in [5, 5.41) is 8.08. The Hall–Kier alpha value is -2.61. The maximum absolute atomic E-state index is 13.2. The van der Waals surface area contributed by atoms with Gasteiger partial charge in [0, 0.05) is 19.0 Å². The number of hydrogen-bond acceptors (Lipinski definition) is 7. The van der Waals surface area contributed by atoms with Crippen molar-refractivity contribution in [1.29, 1.82) is 0 Å². The Morgan fingerprint density at radius 1 is 1.26 bits per heavy atom. The summed E-state index contributed by atoms with van der Waals surface area (Å²) in [6.45, 7) is 5.03. The van der Waals surface area contributed by atoms with Gasteiger partial charge in [0.05, 0.1) is 11.6 Å². The standard InChI is InChI=1S/C19H21N5O2S/c1-3-7-16-17(27-23-21-16)19(25)24-10-14(13-8-5-4-6-9-13)15(11-24)18-20-12(2)22-26-18/h4-6,8-9,14-15H,3,7,10-11H2,1-2H3/t14-,15+/m1/s1. The number of carbonyl (C=O) groups is 1. The minimum absolute atomic E-state index is 0.00637. The number of carbonyl (C=O) groups excluding carboxylic acids is 1. The van der Waals surface area contributed by atoms with E-state index in [0.29, 0.717) is 29.7 Å². The smallest absolute Gasteiger partial charge is 0.267 e. The molecule has 0 spiro atoms. The molecule has 140 valence electrons. The van der Waals surface area contributed by atoms with E-state index < -0.39 is 0 Å². The third-order valence-corrected chi connectivity index (χ3v) is 5.69. The third-order valence-electron chi connectivity index (χ3n) is 4.93.